The van der Waals surface area contributed by atoms with Crippen LogP contribution in [-0.2, 0) is 17.8 Å². The predicted octanol–water partition coefficient (Wildman–Crippen LogP) is 3.73. The van der Waals surface area contributed by atoms with E-state index in [2.05, 4.69) is 31.4 Å². The average molecular weight is 460 g/mol. The summed E-state index contributed by atoms with van der Waals surface area (Å²) in [7, 11) is 0. The van der Waals surface area contributed by atoms with Crippen LogP contribution in [0.5, 0.6) is 0 Å². The molecule has 2 heterocycles. The molecule has 8 nitrogen and oxygen atoms in total. The third kappa shape index (κ3) is 5.32. The maximum absolute atomic E-state index is 12.8. The van der Waals surface area contributed by atoms with Crippen LogP contribution in [-0.4, -0.2) is 37.5 Å². The van der Waals surface area contributed by atoms with Gasteiger partial charge >= 0.3 is 5.97 Å². The lowest BCUT2D eigenvalue weighted by Gasteiger charge is -2.09. The molecule has 0 unspecified atom stereocenters. The molecule has 1 amide bonds. The topological polar surface area (TPSA) is 91.0 Å². The molecule has 0 aliphatic heterocycles. The highest BCUT2D eigenvalue weighted by Gasteiger charge is 2.21. The standard InChI is InChI=1S/C20H22BrN5O3/c1-4-25-12-17(18(24-25)20(28)29-13(2)3)23-19(27)15-7-5-6-14(8-15)10-26-11-16(21)9-22-26/h5-9,11-13H,4,10H2,1-3H3,(H,23,27). The molecule has 0 bridgehead atoms. The SMILES string of the molecule is CCn1cc(NC(=O)c2cccc(Cn3cc(Br)cn3)c2)c(C(=O)OC(C)C)n1. The van der Waals surface area contributed by atoms with E-state index in [9.17, 15) is 9.59 Å². The van der Waals surface area contributed by atoms with Gasteiger partial charge in [0.05, 0.1) is 29.0 Å². The predicted molar refractivity (Wildman–Crippen MR) is 112 cm³/mol. The van der Waals surface area contributed by atoms with Crippen molar-refractivity contribution in [3.63, 3.8) is 0 Å². The summed E-state index contributed by atoms with van der Waals surface area (Å²) in [6.07, 6.45) is 4.91. The van der Waals surface area contributed by atoms with Gasteiger partial charge in [-0.2, -0.15) is 10.2 Å². The third-order valence-corrected chi connectivity index (χ3v) is 4.41. The number of esters is 1. The maximum atomic E-state index is 12.8. The highest BCUT2D eigenvalue weighted by atomic mass is 79.9. The summed E-state index contributed by atoms with van der Waals surface area (Å²) in [5.41, 5.74) is 1.81. The number of carbonyl (C=O) groups is 2. The van der Waals surface area contributed by atoms with Crippen LogP contribution < -0.4 is 5.32 Å². The molecular formula is C20H22BrN5O3. The number of hydrogen-bond donors (Lipinski definition) is 1. The normalized spacial score (nSPS) is 10.9. The van der Waals surface area contributed by atoms with E-state index in [0.717, 1.165) is 10.0 Å². The second-order valence-electron chi connectivity index (χ2n) is 6.71. The van der Waals surface area contributed by atoms with Gasteiger partial charge in [-0.1, -0.05) is 12.1 Å². The minimum Gasteiger partial charge on any atom is -0.458 e. The molecule has 0 saturated heterocycles. The van der Waals surface area contributed by atoms with Crippen molar-refractivity contribution >= 4 is 33.5 Å². The van der Waals surface area contributed by atoms with E-state index in [1.54, 1.807) is 47.7 Å². The summed E-state index contributed by atoms with van der Waals surface area (Å²) >= 11 is 3.37. The molecule has 0 saturated carbocycles. The maximum Gasteiger partial charge on any atom is 0.361 e. The molecule has 29 heavy (non-hydrogen) atoms. The smallest absolute Gasteiger partial charge is 0.361 e. The van der Waals surface area contributed by atoms with Gasteiger partial charge in [0.15, 0.2) is 5.69 Å². The molecule has 9 heteroatoms. The van der Waals surface area contributed by atoms with Crippen LogP contribution >= 0.6 is 15.9 Å². The van der Waals surface area contributed by atoms with Crippen molar-refractivity contribution in [3.8, 4) is 0 Å². The van der Waals surface area contributed by atoms with E-state index >= 15 is 0 Å². The van der Waals surface area contributed by atoms with Gasteiger partial charge < -0.3 is 10.1 Å². The Morgan fingerprint density at radius 2 is 2.03 bits per heavy atom. The Labute approximate surface area is 177 Å². The third-order valence-electron chi connectivity index (χ3n) is 4.01. The van der Waals surface area contributed by atoms with E-state index in [0.29, 0.717) is 24.3 Å². The molecular weight excluding hydrogens is 438 g/mol. The molecule has 0 radical (unpaired) electrons. The van der Waals surface area contributed by atoms with Crippen molar-refractivity contribution in [1.29, 1.82) is 0 Å². The molecule has 0 aliphatic carbocycles. The molecule has 0 spiro atoms. The van der Waals surface area contributed by atoms with Crippen molar-refractivity contribution in [2.24, 2.45) is 0 Å². The molecule has 1 N–H and O–H groups in total. The first-order chi connectivity index (χ1) is 13.9. The Hall–Kier alpha value is -2.94. The largest absolute Gasteiger partial charge is 0.458 e. The number of hydrogen-bond acceptors (Lipinski definition) is 5. The number of aromatic nitrogens is 4. The fraction of sp³-hybridized carbons (Fsp3) is 0.300. The quantitative estimate of drug-likeness (QED) is 0.543. The van der Waals surface area contributed by atoms with Crippen molar-refractivity contribution in [2.45, 2.75) is 40.0 Å². The lowest BCUT2D eigenvalue weighted by molar-refractivity contribution is 0.0371. The van der Waals surface area contributed by atoms with Crippen LogP contribution in [0.15, 0.2) is 47.3 Å². The van der Waals surface area contributed by atoms with Gasteiger partial charge in [0.1, 0.15) is 0 Å². The van der Waals surface area contributed by atoms with Crippen LogP contribution in [0.4, 0.5) is 5.69 Å². The molecule has 2 aromatic heterocycles. The van der Waals surface area contributed by atoms with Crippen LogP contribution in [0.1, 0.15) is 47.2 Å². The number of ether oxygens (including phenoxy) is 1. The Morgan fingerprint density at radius 3 is 2.69 bits per heavy atom. The Morgan fingerprint density at radius 1 is 1.24 bits per heavy atom. The number of aryl methyl sites for hydroxylation is 1. The van der Waals surface area contributed by atoms with E-state index in [1.165, 1.54) is 0 Å². The van der Waals surface area contributed by atoms with Gasteiger partial charge in [0.2, 0.25) is 0 Å². The second-order valence-corrected chi connectivity index (χ2v) is 7.63. The van der Waals surface area contributed by atoms with E-state index < -0.39 is 5.97 Å². The number of carbonyl (C=O) groups excluding carboxylic acids is 2. The van der Waals surface area contributed by atoms with Gasteiger partial charge in [-0.15, -0.1) is 0 Å². The summed E-state index contributed by atoms with van der Waals surface area (Å²) in [6.45, 7) is 6.51. The zero-order valence-corrected chi connectivity index (χ0v) is 18.0. The highest BCUT2D eigenvalue weighted by Crippen LogP contribution is 2.18. The van der Waals surface area contributed by atoms with E-state index in [4.69, 9.17) is 4.74 Å². The van der Waals surface area contributed by atoms with Crippen molar-refractivity contribution in [2.75, 3.05) is 5.32 Å². The van der Waals surface area contributed by atoms with Crippen LogP contribution in [0.2, 0.25) is 0 Å². The Balaban J connectivity index is 1.79. The minimum absolute atomic E-state index is 0.0893. The first kappa shape index (κ1) is 20.8. The van der Waals surface area contributed by atoms with Crippen LogP contribution in [0.3, 0.4) is 0 Å². The number of halogens is 1. The number of amides is 1. The van der Waals surface area contributed by atoms with Crippen LogP contribution in [0, 0.1) is 0 Å². The van der Waals surface area contributed by atoms with E-state index in [-0.39, 0.29) is 17.7 Å². The monoisotopic (exact) mass is 459 g/mol. The molecule has 0 aliphatic rings. The summed E-state index contributed by atoms with van der Waals surface area (Å²) in [5.74, 6) is -0.900. The Bertz CT molecular complexity index is 1020. The highest BCUT2D eigenvalue weighted by molar-refractivity contribution is 9.10. The average Bonchev–Trinajstić information content (AvgIpc) is 3.27. The lowest BCUT2D eigenvalue weighted by atomic mass is 10.1. The van der Waals surface area contributed by atoms with Crippen molar-refractivity contribution in [3.05, 3.63) is 64.1 Å². The Kier molecular flexibility index (Phi) is 6.48. The molecule has 152 valence electrons. The molecule has 1 aromatic carbocycles. The van der Waals surface area contributed by atoms with Gasteiger partial charge in [-0.25, -0.2) is 4.79 Å². The van der Waals surface area contributed by atoms with Crippen molar-refractivity contribution in [1.82, 2.24) is 19.6 Å². The number of nitrogens with zero attached hydrogens (tertiary/aromatic N) is 4. The molecule has 3 rings (SSSR count). The number of anilines is 1. The number of nitrogens with one attached hydrogen (secondary N) is 1. The van der Waals surface area contributed by atoms with Gasteiger partial charge in [-0.3, -0.25) is 14.2 Å². The molecule has 0 fully saturated rings. The number of benzene rings is 1. The minimum atomic E-state index is -0.569. The molecule has 3 aromatic rings. The van der Waals surface area contributed by atoms with Crippen LogP contribution in [0.25, 0.3) is 0 Å². The summed E-state index contributed by atoms with van der Waals surface area (Å²) < 4.78 is 9.47. The van der Waals surface area contributed by atoms with Gasteiger partial charge in [-0.05, 0) is 54.4 Å². The second kappa shape index (κ2) is 9.04. The number of rotatable bonds is 7. The zero-order chi connectivity index (χ0) is 21.0. The lowest BCUT2D eigenvalue weighted by Crippen LogP contribution is -2.17. The summed E-state index contributed by atoms with van der Waals surface area (Å²) in [4.78, 5) is 25.1. The van der Waals surface area contributed by atoms with E-state index in [1.807, 2.05) is 25.3 Å². The van der Waals surface area contributed by atoms with Gasteiger partial charge in [0.25, 0.3) is 5.91 Å². The van der Waals surface area contributed by atoms with Crippen molar-refractivity contribution < 1.29 is 14.3 Å². The van der Waals surface area contributed by atoms with Gasteiger partial charge in [0, 0.05) is 24.5 Å². The summed E-state index contributed by atoms with van der Waals surface area (Å²) in [6, 6.07) is 7.24. The zero-order valence-electron chi connectivity index (χ0n) is 16.4. The first-order valence-electron chi connectivity index (χ1n) is 9.22. The first-order valence-corrected chi connectivity index (χ1v) is 10.0. The molecule has 0 atom stereocenters. The fourth-order valence-corrected chi connectivity index (χ4v) is 3.04. The fourth-order valence-electron chi connectivity index (χ4n) is 2.71. The summed E-state index contributed by atoms with van der Waals surface area (Å²) in [5, 5.41) is 11.2.